The number of ether oxygens (including phenoxy) is 1. The number of fused-ring (bicyclic) bond motifs is 2. The first-order chi connectivity index (χ1) is 15.7. The van der Waals surface area contributed by atoms with E-state index >= 15 is 0 Å². The minimum Gasteiger partial charge on any atom is -0.483 e. The zero-order valence-electron chi connectivity index (χ0n) is 17.7. The normalized spacial score (nSPS) is 11.0. The maximum Gasteiger partial charge on any atom is 0.262 e. The number of hydrogen-bond acceptors (Lipinski definition) is 4. The second-order valence-electron chi connectivity index (χ2n) is 7.57. The Morgan fingerprint density at radius 2 is 1.78 bits per heavy atom. The summed E-state index contributed by atoms with van der Waals surface area (Å²) in [6.45, 7) is 2.04. The van der Waals surface area contributed by atoms with Gasteiger partial charge in [-0.05, 0) is 53.8 Å². The van der Waals surface area contributed by atoms with Crippen molar-refractivity contribution in [3.63, 3.8) is 0 Å². The number of amides is 1. The molecule has 1 aromatic heterocycles. The summed E-state index contributed by atoms with van der Waals surface area (Å²) >= 11 is 0. The molecular weight excluding hydrogens is 400 g/mol. The highest BCUT2D eigenvalue weighted by Crippen LogP contribution is 2.27. The average molecular weight is 422 g/mol. The zero-order valence-corrected chi connectivity index (χ0v) is 17.7. The molecule has 0 unspecified atom stereocenters. The molecule has 5 heteroatoms. The van der Waals surface area contributed by atoms with Crippen LogP contribution in [0.15, 0.2) is 89.3 Å². The van der Waals surface area contributed by atoms with Crippen molar-refractivity contribution in [3.8, 4) is 17.2 Å². The molecule has 5 aromatic rings. The summed E-state index contributed by atoms with van der Waals surface area (Å²) in [4.78, 5) is 17.0. The van der Waals surface area contributed by atoms with E-state index in [1.807, 2.05) is 60.7 Å². The van der Waals surface area contributed by atoms with E-state index in [2.05, 4.69) is 29.4 Å². The maximum absolute atomic E-state index is 12.5. The summed E-state index contributed by atoms with van der Waals surface area (Å²) in [7, 11) is 0. The van der Waals surface area contributed by atoms with E-state index in [9.17, 15) is 4.79 Å². The largest absolute Gasteiger partial charge is 0.483 e. The second-order valence-corrected chi connectivity index (χ2v) is 7.57. The molecule has 0 spiro atoms. The molecule has 0 radical (unpaired) electrons. The third-order valence-electron chi connectivity index (χ3n) is 5.39. The molecule has 1 heterocycles. The fraction of sp³-hybridized carbons (Fsp3) is 0.111. The first kappa shape index (κ1) is 19.8. The Labute approximate surface area is 185 Å². The van der Waals surface area contributed by atoms with Gasteiger partial charge >= 0.3 is 0 Å². The predicted octanol–water partition coefficient (Wildman–Crippen LogP) is 6.23. The van der Waals surface area contributed by atoms with Gasteiger partial charge < -0.3 is 14.5 Å². The molecule has 0 fully saturated rings. The van der Waals surface area contributed by atoms with Crippen LogP contribution in [0, 0.1) is 0 Å². The van der Waals surface area contributed by atoms with Crippen LogP contribution < -0.4 is 10.1 Å². The monoisotopic (exact) mass is 422 g/mol. The van der Waals surface area contributed by atoms with Gasteiger partial charge in [0.1, 0.15) is 11.3 Å². The topological polar surface area (TPSA) is 64.4 Å². The molecule has 0 saturated carbocycles. The van der Waals surface area contributed by atoms with Crippen molar-refractivity contribution in [2.24, 2.45) is 0 Å². The minimum absolute atomic E-state index is 0.0834. The summed E-state index contributed by atoms with van der Waals surface area (Å²) in [6.07, 6.45) is 0.987. The number of aryl methyl sites for hydroxylation is 1. The highest BCUT2D eigenvalue weighted by molar-refractivity contribution is 5.94. The number of carbonyl (C=O) groups excluding carboxylic acids is 1. The van der Waals surface area contributed by atoms with Crippen LogP contribution in [0.25, 0.3) is 33.3 Å². The molecular formula is C27H22N2O3. The standard InChI is InChI=1S/C27H22N2O3/c1-2-18-10-12-20(13-11-18)27-29-23-16-21(14-15-25(23)32-27)28-26(30)17-31-24-9-5-7-19-6-3-4-8-22(19)24/h3-16H,2,17H2,1H3,(H,28,30). The van der Waals surface area contributed by atoms with Crippen molar-refractivity contribution >= 4 is 33.5 Å². The lowest BCUT2D eigenvalue weighted by atomic mass is 10.1. The van der Waals surface area contributed by atoms with Gasteiger partial charge in [0.05, 0.1) is 0 Å². The third kappa shape index (κ3) is 4.05. The lowest BCUT2D eigenvalue weighted by Crippen LogP contribution is -2.20. The molecule has 0 atom stereocenters. The lowest BCUT2D eigenvalue weighted by Gasteiger charge is -2.09. The van der Waals surface area contributed by atoms with Gasteiger partial charge in [-0.1, -0.05) is 55.5 Å². The maximum atomic E-state index is 12.5. The van der Waals surface area contributed by atoms with Gasteiger partial charge in [0.2, 0.25) is 5.89 Å². The molecule has 1 amide bonds. The fourth-order valence-electron chi connectivity index (χ4n) is 3.67. The smallest absolute Gasteiger partial charge is 0.262 e. The van der Waals surface area contributed by atoms with Gasteiger partial charge in [-0.2, -0.15) is 0 Å². The summed E-state index contributed by atoms with van der Waals surface area (Å²) in [6, 6.07) is 27.3. The zero-order chi connectivity index (χ0) is 21.9. The Hall–Kier alpha value is -4.12. The van der Waals surface area contributed by atoms with Gasteiger partial charge in [-0.3, -0.25) is 4.79 Å². The average Bonchev–Trinajstić information content (AvgIpc) is 3.26. The summed E-state index contributed by atoms with van der Waals surface area (Å²) in [5.74, 6) is 1.01. The van der Waals surface area contributed by atoms with Crippen molar-refractivity contribution < 1.29 is 13.9 Å². The van der Waals surface area contributed by atoms with Crippen molar-refractivity contribution in [2.45, 2.75) is 13.3 Å². The molecule has 4 aromatic carbocycles. The molecule has 0 aliphatic rings. The Bertz CT molecular complexity index is 1400. The molecule has 0 aliphatic heterocycles. The van der Waals surface area contributed by atoms with Crippen LogP contribution in [0.3, 0.4) is 0 Å². The molecule has 0 saturated heterocycles. The third-order valence-corrected chi connectivity index (χ3v) is 5.39. The number of anilines is 1. The summed E-state index contributed by atoms with van der Waals surface area (Å²) in [5.41, 5.74) is 4.19. The second kappa shape index (κ2) is 8.55. The summed E-state index contributed by atoms with van der Waals surface area (Å²) in [5, 5.41) is 4.92. The Kier molecular flexibility index (Phi) is 5.30. The van der Waals surface area contributed by atoms with Crippen LogP contribution in [0.2, 0.25) is 0 Å². The van der Waals surface area contributed by atoms with E-state index in [4.69, 9.17) is 9.15 Å². The van der Waals surface area contributed by atoms with E-state index in [0.717, 1.165) is 22.8 Å². The molecule has 0 bridgehead atoms. The summed E-state index contributed by atoms with van der Waals surface area (Å²) < 4.78 is 11.7. The molecule has 0 aliphatic carbocycles. The lowest BCUT2D eigenvalue weighted by molar-refractivity contribution is -0.118. The number of hydrogen-bond donors (Lipinski definition) is 1. The Balaban J connectivity index is 1.28. The van der Waals surface area contributed by atoms with Gasteiger partial charge in [-0.25, -0.2) is 4.98 Å². The Morgan fingerprint density at radius 1 is 0.969 bits per heavy atom. The first-order valence-electron chi connectivity index (χ1n) is 10.6. The van der Waals surface area contributed by atoms with Gasteiger partial charge in [0.25, 0.3) is 5.91 Å². The van der Waals surface area contributed by atoms with Crippen molar-refractivity contribution in [2.75, 3.05) is 11.9 Å². The highest BCUT2D eigenvalue weighted by Gasteiger charge is 2.11. The molecule has 158 valence electrons. The van der Waals surface area contributed by atoms with Gasteiger partial charge in [0.15, 0.2) is 12.2 Å². The van der Waals surface area contributed by atoms with Crippen molar-refractivity contribution in [3.05, 3.63) is 90.5 Å². The first-order valence-corrected chi connectivity index (χ1v) is 10.6. The fourth-order valence-corrected chi connectivity index (χ4v) is 3.67. The quantitative estimate of drug-likeness (QED) is 0.352. The van der Waals surface area contributed by atoms with Crippen LogP contribution in [0.4, 0.5) is 5.69 Å². The number of rotatable bonds is 6. The van der Waals surface area contributed by atoms with E-state index in [1.165, 1.54) is 5.56 Å². The van der Waals surface area contributed by atoms with Crippen LogP contribution in [-0.2, 0) is 11.2 Å². The molecule has 5 rings (SSSR count). The van der Waals surface area contributed by atoms with E-state index in [-0.39, 0.29) is 12.5 Å². The van der Waals surface area contributed by atoms with Crippen LogP contribution in [0.5, 0.6) is 5.75 Å². The number of benzene rings is 4. The number of nitrogens with one attached hydrogen (secondary N) is 1. The number of oxazole rings is 1. The van der Waals surface area contributed by atoms with Crippen LogP contribution in [0.1, 0.15) is 12.5 Å². The highest BCUT2D eigenvalue weighted by atomic mass is 16.5. The van der Waals surface area contributed by atoms with E-state index in [1.54, 1.807) is 12.1 Å². The number of nitrogens with zero attached hydrogens (tertiary/aromatic N) is 1. The molecule has 1 N–H and O–H groups in total. The molecule has 5 nitrogen and oxygen atoms in total. The van der Waals surface area contributed by atoms with E-state index in [0.29, 0.717) is 28.4 Å². The van der Waals surface area contributed by atoms with Gasteiger partial charge in [0, 0.05) is 16.6 Å². The number of aromatic nitrogens is 1. The SMILES string of the molecule is CCc1ccc(-c2nc3cc(NC(=O)COc4cccc5ccccc45)ccc3o2)cc1. The Morgan fingerprint density at radius 3 is 2.62 bits per heavy atom. The van der Waals surface area contributed by atoms with Gasteiger partial charge in [-0.15, -0.1) is 0 Å². The predicted molar refractivity (Wildman–Crippen MR) is 127 cm³/mol. The van der Waals surface area contributed by atoms with E-state index < -0.39 is 0 Å². The minimum atomic E-state index is -0.240. The van der Waals surface area contributed by atoms with Crippen LogP contribution >= 0.6 is 0 Å². The van der Waals surface area contributed by atoms with Crippen molar-refractivity contribution in [1.29, 1.82) is 0 Å². The van der Waals surface area contributed by atoms with Crippen molar-refractivity contribution in [1.82, 2.24) is 4.98 Å². The molecule has 32 heavy (non-hydrogen) atoms. The van der Waals surface area contributed by atoms with Crippen LogP contribution in [-0.4, -0.2) is 17.5 Å². The number of carbonyl (C=O) groups is 1.